The molecule has 4 heteroatoms. The summed E-state index contributed by atoms with van der Waals surface area (Å²) in [6.07, 6.45) is 2.28. The molecule has 0 spiro atoms. The van der Waals surface area contributed by atoms with Crippen molar-refractivity contribution in [3.05, 3.63) is 0 Å². The monoisotopic (exact) mass is 170 g/mol. The molecular weight excluding hydrogens is 159 g/mol. The normalized spacial score (nSPS) is 10.5. The van der Waals surface area contributed by atoms with Gasteiger partial charge in [-0.05, 0) is 6.42 Å². The zero-order valence-electron chi connectivity index (χ0n) is 4.87. The lowest BCUT2D eigenvalue weighted by atomic mass is 10.4. The van der Waals surface area contributed by atoms with Gasteiger partial charge in [-0.25, -0.2) is 0 Å². The Bertz CT molecular complexity index is 51.3. The van der Waals surface area contributed by atoms with Gasteiger partial charge in [0.2, 0.25) is 0 Å². The van der Waals surface area contributed by atoms with Crippen LogP contribution in [-0.4, -0.2) is 6.61 Å². The number of unbranched alkanes of at least 4 members (excludes halogenated alkanes) is 1. The second-order valence-corrected chi connectivity index (χ2v) is 5.33. The van der Waals surface area contributed by atoms with Crippen LogP contribution in [0.1, 0.15) is 19.8 Å². The lowest BCUT2D eigenvalue weighted by molar-refractivity contribution is 0.356. The van der Waals surface area contributed by atoms with Gasteiger partial charge in [0.1, 0.15) is 6.55 Å². The van der Waals surface area contributed by atoms with E-state index in [4.69, 9.17) is 4.52 Å². The van der Waals surface area contributed by atoms with E-state index in [2.05, 4.69) is 31.4 Å². The molecule has 0 atom stereocenters. The minimum Gasteiger partial charge on any atom is -0.339 e. The van der Waals surface area contributed by atoms with E-state index in [0.29, 0.717) is 0 Å². The Kier molecular flexibility index (Phi) is 7.06. The van der Waals surface area contributed by atoms with Crippen molar-refractivity contribution in [2.45, 2.75) is 19.8 Å². The highest BCUT2D eigenvalue weighted by Crippen LogP contribution is 2.46. The summed E-state index contributed by atoms with van der Waals surface area (Å²) in [5, 5.41) is 0. The molecule has 0 saturated heterocycles. The van der Waals surface area contributed by atoms with Gasteiger partial charge in [-0.3, -0.25) is 0 Å². The molecule has 8 heavy (non-hydrogen) atoms. The second-order valence-electron chi connectivity index (χ2n) is 1.44. The quantitative estimate of drug-likeness (QED) is 0.375. The third-order valence-corrected chi connectivity index (χ3v) is 1.81. The molecule has 0 aromatic rings. The predicted molar refractivity (Wildman–Crippen MR) is 45.8 cm³/mol. The van der Waals surface area contributed by atoms with E-state index in [0.717, 1.165) is 13.0 Å². The second kappa shape index (κ2) is 6.21. The highest BCUT2D eigenvalue weighted by molar-refractivity contribution is 8.76. The molecule has 0 heterocycles. The van der Waals surface area contributed by atoms with E-state index in [9.17, 15) is 0 Å². The van der Waals surface area contributed by atoms with Crippen molar-refractivity contribution in [2.75, 3.05) is 6.61 Å². The summed E-state index contributed by atoms with van der Waals surface area (Å²) in [6.45, 7) is 2.21. The fourth-order valence-corrected chi connectivity index (χ4v) is 1.07. The Morgan fingerprint density at radius 1 is 1.50 bits per heavy atom. The molecule has 0 aliphatic carbocycles. The average molecular weight is 170 g/mol. The van der Waals surface area contributed by atoms with Gasteiger partial charge in [0.25, 0.3) is 0 Å². The van der Waals surface area contributed by atoms with Crippen LogP contribution in [0.3, 0.4) is 0 Å². The third-order valence-electron chi connectivity index (χ3n) is 0.705. The van der Waals surface area contributed by atoms with Crippen molar-refractivity contribution in [3.8, 4) is 0 Å². The van der Waals surface area contributed by atoms with Crippen molar-refractivity contribution in [1.82, 2.24) is 0 Å². The predicted octanol–water partition coefficient (Wildman–Crippen LogP) is 2.89. The molecule has 0 aromatic heterocycles. The third kappa shape index (κ3) is 7.09. The summed E-state index contributed by atoms with van der Waals surface area (Å²) in [5.74, 6) is 0. The maximum absolute atomic E-state index is 5.08. The molecule has 0 aliphatic heterocycles. The molecule has 0 radical (unpaired) electrons. The van der Waals surface area contributed by atoms with Crippen LogP contribution in [0.4, 0.5) is 0 Å². The highest BCUT2D eigenvalue weighted by Gasteiger charge is 1.91. The Morgan fingerprint density at radius 2 is 2.12 bits per heavy atom. The van der Waals surface area contributed by atoms with E-state index in [-0.39, 0.29) is 0 Å². The molecule has 0 unspecified atom stereocenters. The van der Waals surface area contributed by atoms with E-state index in [1.165, 1.54) is 6.42 Å². The molecule has 50 valence electrons. The van der Waals surface area contributed by atoms with Crippen LogP contribution < -0.4 is 0 Å². The standard InChI is InChI=1S/C4H11OPS2/c1-2-3-4-5-6(7)8/h7-8H,2-4H2,1H3. The Morgan fingerprint density at radius 3 is 2.50 bits per heavy atom. The molecule has 0 aliphatic rings. The van der Waals surface area contributed by atoms with Crippen LogP contribution >= 0.6 is 31.0 Å². The van der Waals surface area contributed by atoms with Gasteiger partial charge in [-0.15, -0.1) is 24.5 Å². The molecule has 0 amide bonds. The molecule has 0 rings (SSSR count). The van der Waals surface area contributed by atoms with E-state index >= 15 is 0 Å². The van der Waals surface area contributed by atoms with Gasteiger partial charge < -0.3 is 4.52 Å². The van der Waals surface area contributed by atoms with Crippen LogP contribution in [0.2, 0.25) is 0 Å². The van der Waals surface area contributed by atoms with Gasteiger partial charge >= 0.3 is 0 Å². The maximum atomic E-state index is 5.08. The van der Waals surface area contributed by atoms with Gasteiger partial charge in [-0.1, -0.05) is 13.3 Å². The number of thiol groups is 2. The fraction of sp³-hybridized carbons (Fsp3) is 1.00. The molecule has 1 nitrogen and oxygen atoms in total. The number of hydrogen-bond donors (Lipinski definition) is 2. The summed E-state index contributed by atoms with van der Waals surface area (Å²) in [5.41, 5.74) is 0. The summed E-state index contributed by atoms with van der Waals surface area (Å²) < 4.78 is 5.08. The summed E-state index contributed by atoms with van der Waals surface area (Å²) in [7, 11) is 0. The zero-order chi connectivity index (χ0) is 6.41. The lowest BCUT2D eigenvalue weighted by Gasteiger charge is -2.01. The van der Waals surface area contributed by atoms with E-state index in [1.54, 1.807) is 0 Å². The molecule has 0 fully saturated rings. The van der Waals surface area contributed by atoms with Crippen LogP contribution in [-0.2, 0) is 4.52 Å². The maximum Gasteiger partial charge on any atom is 0.145 e. The van der Waals surface area contributed by atoms with Gasteiger partial charge in [0, 0.05) is 0 Å². The molecule has 0 saturated carbocycles. The van der Waals surface area contributed by atoms with Crippen LogP contribution in [0.15, 0.2) is 0 Å². The summed E-state index contributed by atoms with van der Waals surface area (Å²) in [4.78, 5) is 0. The molecule has 0 bridgehead atoms. The fourth-order valence-electron chi connectivity index (χ4n) is 0.291. The summed E-state index contributed by atoms with van der Waals surface area (Å²) >= 11 is 7.96. The molecule has 0 N–H and O–H groups in total. The van der Waals surface area contributed by atoms with Crippen molar-refractivity contribution in [3.63, 3.8) is 0 Å². The smallest absolute Gasteiger partial charge is 0.145 e. The first-order chi connectivity index (χ1) is 3.77. The van der Waals surface area contributed by atoms with Crippen molar-refractivity contribution < 1.29 is 4.52 Å². The number of rotatable bonds is 4. The van der Waals surface area contributed by atoms with Crippen LogP contribution in [0.25, 0.3) is 0 Å². The minimum atomic E-state index is -0.723. The molecule has 0 aromatic carbocycles. The minimum absolute atomic E-state index is 0.723. The van der Waals surface area contributed by atoms with Crippen molar-refractivity contribution in [1.29, 1.82) is 0 Å². The first-order valence-corrected chi connectivity index (χ1v) is 6.14. The Labute approximate surface area is 62.3 Å². The van der Waals surface area contributed by atoms with E-state index in [1.807, 2.05) is 0 Å². The number of hydrogen-bond acceptors (Lipinski definition) is 3. The van der Waals surface area contributed by atoms with Gasteiger partial charge in [0.15, 0.2) is 0 Å². The lowest BCUT2D eigenvalue weighted by Crippen LogP contribution is -1.82. The van der Waals surface area contributed by atoms with Gasteiger partial charge in [0.05, 0.1) is 6.61 Å². The SMILES string of the molecule is CCCCOP(S)S. The summed E-state index contributed by atoms with van der Waals surface area (Å²) in [6, 6.07) is 0. The first kappa shape index (κ1) is 9.09. The topological polar surface area (TPSA) is 9.23 Å². The van der Waals surface area contributed by atoms with Crippen LogP contribution in [0, 0.1) is 0 Å². The zero-order valence-corrected chi connectivity index (χ0v) is 7.55. The Hall–Kier alpha value is 1.09. The molecular formula is C4H11OPS2. The van der Waals surface area contributed by atoms with Crippen molar-refractivity contribution in [2.24, 2.45) is 0 Å². The Balaban J connectivity index is 2.72. The average Bonchev–Trinajstić information content (AvgIpc) is 1.66. The van der Waals surface area contributed by atoms with Crippen LogP contribution in [0.5, 0.6) is 0 Å². The first-order valence-electron chi connectivity index (χ1n) is 2.58. The highest BCUT2D eigenvalue weighted by atomic mass is 33.1. The van der Waals surface area contributed by atoms with E-state index < -0.39 is 6.55 Å². The largest absolute Gasteiger partial charge is 0.339 e. The van der Waals surface area contributed by atoms with Gasteiger partial charge in [-0.2, -0.15) is 0 Å². The van der Waals surface area contributed by atoms with Crippen molar-refractivity contribution >= 4 is 31.0 Å².